The molecule has 0 bridgehead atoms. The fourth-order valence-corrected chi connectivity index (χ4v) is 1.42. The molecule has 1 aromatic rings. The van der Waals surface area contributed by atoms with Gasteiger partial charge in [-0.15, -0.1) is 0 Å². The molecule has 0 radical (unpaired) electrons. The molecule has 3 nitrogen and oxygen atoms in total. The number of hydrogen-bond donors (Lipinski definition) is 1. The third-order valence-electron chi connectivity index (χ3n) is 2.28. The second kappa shape index (κ2) is 5.39. The summed E-state index contributed by atoms with van der Waals surface area (Å²) in [4.78, 5) is 13.1. The molecule has 0 atom stereocenters. The number of hydrogen-bond acceptors (Lipinski definition) is 2. The Labute approximate surface area is 90.3 Å². The number of rotatable bonds is 4. The normalized spacial score (nSPS) is 10.0. The minimum absolute atomic E-state index is 0.0362. The lowest BCUT2D eigenvalue weighted by Gasteiger charge is -2.20. The van der Waals surface area contributed by atoms with Crippen molar-refractivity contribution in [2.45, 2.75) is 26.7 Å². The van der Waals surface area contributed by atoms with Crippen molar-refractivity contribution in [1.29, 1.82) is 0 Å². The molecule has 1 N–H and O–H groups in total. The van der Waals surface area contributed by atoms with Crippen molar-refractivity contribution >= 4 is 11.6 Å². The second-order valence-corrected chi connectivity index (χ2v) is 3.54. The second-order valence-electron chi connectivity index (χ2n) is 3.54. The van der Waals surface area contributed by atoms with Gasteiger partial charge in [0.05, 0.1) is 0 Å². The van der Waals surface area contributed by atoms with E-state index in [1.165, 1.54) is 0 Å². The molecule has 0 saturated carbocycles. The highest BCUT2D eigenvalue weighted by Crippen LogP contribution is 2.18. The van der Waals surface area contributed by atoms with Crippen LogP contribution in [0.15, 0.2) is 24.3 Å². The largest absolute Gasteiger partial charge is 0.508 e. The third kappa shape index (κ3) is 3.27. The molecule has 0 unspecified atom stereocenters. The zero-order chi connectivity index (χ0) is 11.3. The monoisotopic (exact) mass is 207 g/mol. The first kappa shape index (κ1) is 11.6. The Kier molecular flexibility index (Phi) is 4.16. The number of aromatic hydroxyl groups is 1. The van der Waals surface area contributed by atoms with Crippen LogP contribution < -0.4 is 4.90 Å². The van der Waals surface area contributed by atoms with Crippen LogP contribution in [0.1, 0.15) is 26.7 Å². The summed E-state index contributed by atoms with van der Waals surface area (Å²) in [6.07, 6.45) is 2.04. The third-order valence-corrected chi connectivity index (χ3v) is 2.28. The summed E-state index contributed by atoms with van der Waals surface area (Å²) in [5.41, 5.74) is 0.841. The predicted octanol–water partition coefficient (Wildman–Crippen LogP) is 2.55. The van der Waals surface area contributed by atoms with Crippen molar-refractivity contribution in [1.82, 2.24) is 0 Å². The van der Waals surface area contributed by atoms with Gasteiger partial charge >= 0.3 is 0 Å². The van der Waals surface area contributed by atoms with Gasteiger partial charge in [0.1, 0.15) is 5.75 Å². The molecule has 0 aliphatic heterocycles. The minimum Gasteiger partial charge on any atom is -0.508 e. The van der Waals surface area contributed by atoms with E-state index in [-0.39, 0.29) is 11.7 Å². The van der Waals surface area contributed by atoms with E-state index in [9.17, 15) is 4.79 Å². The Bertz CT molecular complexity index is 319. The van der Waals surface area contributed by atoms with Crippen LogP contribution in [0.5, 0.6) is 5.75 Å². The van der Waals surface area contributed by atoms with E-state index in [1.54, 1.807) is 36.1 Å². The van der Waals surface area contributed by atoms with E-state index in [1.807, 2.05) is 0 Å². The Hall–Kier alpha value is -1.51. The molecule has 0 fully saturated rings. The molecule has 3 heteroatoms. The molecule has 0 heterocycles. The van der Waals surface area contributed by atoms with Crippen LogP contribution in [0.25, 0.3) is 0 Å². The molecule has 0 saturated heterocycles. The van der Waals surface area contributed by atoms with Gasteiger partial charge in [-0.3, -0.25) is 4.79 Å². The van der Waals surface area contributed by atoms with Gasteiger partial charge in [0.15, 0.2) is 0 Å². The van der Waals surface area contributed by atoms with Crippen LogP contribution in [-0.2, 0) is 4.79 Å². The molecule has 1 amide bonds. The Morgan fingerprint density at radius 2 is 1.93 bits per heavy atom. The van der Waals surface area contributed by atoms with Crippen LogP contribution in [-0.4, -0.2) is 17.6 Å². The molecule has 82 valence electrons. The van der Waals surface area contributed by atoms with Crippen LogP contribution in [0.4, 0.5) is 5.69 Å². The number of phenolic OH excluding ortho intramolecular Hbond substituents is 1. The van der Waals surface area contributed by atoms with Gasteiger partial charge in [-0.05, 0) is 30.7 Å². The molecule has 0 spiro atoms. The Morgan fingerprint density at radius 3 is 2.40 bits per heavy atom. The van der Waals surface area contributed by atoms with E-state index in [0.29, 0.717) is 0 Å². The van der Waals surface area contributed by atoms with E-state index < -0.39 is 0 Å². The van der Waals surface area contributed by atoms with Crippen molar-refractivity contribution in [3.63, 3.8) is 0 Å². The standard InChI is InChI=1S/C12H17NO2/c1-3-4-9-13(10(2)14)11-5-7-12(15)8-6-11/h5-8,15H,3-4,9H2,1-2H3. The van der Waals surface area contributed by atoms with E-state index >= 15 is 0 Å². The fraction of sp³-hybridized carbons (Fsp3) is 0.417. The van der Waals surface area contributed by atoms with Crippen molar-refractivity contribution in [3.8, 4) is 5.75 Å². The summed E-state index contributed by atoms with van der Waals surface area (Å²) in [6.45, 7) is 4.38. The number of benzene rings is 1. The van der Waals surface area contributed by atoms with Gasteiger partial charge in [-0.2, -0.15) is 0 Å². The number of carbonyl (C=O) groups is 1. The smallest absolute Gasteiger partial charge is 0.223 e. The SMILES string of the molecule is CCCCN(C(C)=O)c1ccc(O)cc1. The highest BCUT2D eigenvalue weighted by atomic mass is 16.3. The van der Waals surface area contributed by atoms with Gasteiger partial charge in [0.25, 0.3) is 0 Å². The summed E-state index contributed by atoms with van der Waals surface area (Å²) in [7, 11) is 0. The van der Waals surface area contributed by atoms with E-state index in [4.69, 9.17) is 5.11 Å². The minimum atomic E-state index is 0.0362. The van der Waals surface area contributed by atoms with Crippen molar-refractivity contribution in [3.05, 3.63) is 24.3 Å². The Morgan fingerprint density at radius 1 is 1.33 bits per heavy atom. The van der Waals surface area contributed by atoms with Gasteiger partial charge < -0.3 is 10.0 Å². The van der Waals surface area contributed by atoms with Gasteiger partial charge in [0.2, 0.25) is 5.91 Å². The average molecular weight is 207 g/mol. The first-order valence-electron chi connectivity index (χ1n) is 5.22. The van der Waals surface area contributed by atoms with Crippen molar-refractivity contribution in [2.75, 3.05) is 11.4 Å². The molecule has 1 aromatic carbocycles. The lowest BCUT2D eigenvalue weighted by Crippen LogP contribution is -2.29. The lowest BCUT2D eigenvalue weighted by atomic mass is 10.2. The maximum absolute atomic E-state index is 11.4. The topological polar surface area (TPSA) is 40.5 Å². The summed E-state index contributed by atoms with van der Waals surface area (Å²) < 4.78 is 0. The quantitative estimate of drug-likeness (QED) is 0.824. The van der Waals surface area contributed by atoms with E-state index in [0.717, 1.165) is 25.1 Å². The molecular weight excluding hydrogens is 190 g/mol. The van der Waals surface area contributed by atoms with Gasteiger partial charge in [-0.1, -0.05) is 13.3 Å². The summed E-state index contributed by atoms with van der Waals surface area (Å²) in [6, 6.07) is 6.70. The number of carbonyl (C=O) groups excluding carboxylic acids is 1. The molecule has 15 heavy (non-hydrogen) atoms. The van der Waals surface area contributed by atoms with Crippen molar-refractivity contribution < 1.29 is 9.90 Å². The zero-order valence-electron chi connectivity index (χ0n) is 9.23. The number of nitrogens with zero attached hydrogens (tertiary/aromatic N) is 1. The van der Waals surface area contributed by atoms with Crippen LogP contribution in [0.3, 0.4) is 0 Å². The maximum atomic E-state index is 11.4. The average Bonchev–Trinajstić information content (AvgIpc) is 2.21. The molecule has 0 aliphatic carbocycles. The van der Waals surface area contributed by atoms with E-state index in [2.05, 4.69) is 6.92 Å². The lowest BCUT2D eigenvalue weighted by molar-refractivity contribution is -0.116. The number of amides is 1. The highest BCUT2D eigenvalue weighted by molar-refractivity contribution is 5.91. The fourth-order valence-electron chi connectivity index (χ4n) is 1.42. The summed E-state index contributed by atoms with van der Waals surface area (Å²) >= 11 is 0. The van der Waals surface area contributed by atoms with Crippen LogP contribution >= 0.6 is 0 Å². The van der Waals surface area contributed by atoms with Gasteiger partial charge in [-0.25, -0.2) is 0 Å². The van der Waals surface area contributed by atoms with Gasteiger partial charge in [0, 0.05) is 19.2 Å². The number of anilines is 1. The molecule has 1 rings (SSSR count). The molecule has 0 aromatic heterocycles. The Balaban J connectivity index is 2.79. The first-order valence-corrected chi connectivity index (χ1v) is 5.22. The summed E-state index contributed by atoms with van der Waals surface area (Å²) in [5, 5.41) is 9.15. The molecule has 0 aliphatic rings. The highest BCUT2D eigenvalue weighted by Gasteiger charge is 2.09. The maximum Gasteiger partial charge on any atom is 0.223 e. The first-order chi connectivity index (χ1) is 7.15. The zero-order valence-corrected chi connectivity index (χ0v) is 9.23. The predicted molar refractivity (Wildman–Crippen MR) is 61.0 cm³/mol. The number of phenols is 1. The van der Waals surface area contributed by atoms with Crippen LogP contribution in [0.2, 0.25) is 0 Å². The summed E-state index contributed by atoms with van der Waals surface area (Å²) in [5.74, 6) is 0.256. The van der Waals surface area contributed by atoms with Crippen molar-refractivity contribution in [2.24, 2.45) is 0 Å². The molecular formula is C12H17NO2. The number of unbranched alkanes of at least 4 members (excludes halogenated alkanes) is 1. The van der Waals surface area contributed by atoms with Crippen LogP contribution in [0, 0.1) is 0 Å².